The van der Waals surface area contributed by atoms with E-state index < -0.39 is 39.9 Å². The number of anilines is 2. The maximum atomic E-state index is 14.0. The second kappa shape index (κ2) is 18.3. The minimum absolute atomic E-state index is 0.0134. The van der Waals surface area contributed by atoms with Crippen LogP contribution >= 0.6 is 11.3 Å². The second-order valence-electron chi connectivity index (χ2n) is 19.1. The molecule has 4 aliphatic rings. The number of ether oxygens (including phenoxy) is 4. The number of hydrogen-bond acceptors (Lipinski definition) is 11. The molecule has 4 aromatic rings. The average Bonchev–Trinajstić information content (AvgIpc) is 3.91. The largest absolute Gasteiger partial charge is 0.497 e. The number of benzene rings is 3. The lowest BCUT2D eigenvalue weighted by atomic mass is 9.77. The van der Waals surface area contributed by atoms with Crippen LogP contribution in [0, 0.1) is 23.2 Å². The molecule has 0 saturated carbocycles. The van der Waals surface area contributed by atoms with E-state index in [0.29, 0.717) is 24.2 Å². The summed E-state index contributed by atoms with van der Waals surface area (Å²) < 4.78 is 52.3. The molecule has 1 aliphatic carbocycles. The lowest BCUT2D eigenvalue weighted by Crippen LogP contribution is -2.55. The van der Waals surface area contributed by atoms with Crippen molar-refractivity contribution in [3.63, 3.8) is 0 Å². The Kier molecular flexibility index (Phi) is 13.1. The van der Waals surface area contributed by atoms with Gasteiger partial charge in [-0.15, -0.1) is 11.3 Å². The van der Waals surface area contributed by atoms with Gasteiger partial charge in [-0.2, -0.15) is 4.31 Å². The van der Waals surface area contributed by atoms with Gasteiger partial charge in [0.25, 0.3) is 0 Å². The quantitative estimate of drug-likeness (QED) is 0.100. The molecule has 2 N–H and O–H groups in total. The SMILES string of the molecule is COc1ccc(S(=O)(=O)N(CC(C)C)C[C@@H](O)[C@@H](CC(=O)O[C@H]2CO[C@@]3(C)OCC[C@@H]23)Cc2ccc(NC3CN(c4ccccc4-c4cc5c(s4)CCC(C)(C)C5)C3)cc2)cc1. The van der Waals surface area contributed by atoms with E-state index in [-0.39, 0.29) is 48.9 Å². The molecular formula is C49H63N3O8S2. The summed E-state index contributed by atoms with van der Waals surface area (Å²) in [4.78, 5) is 19.1. The van der Waals surface area contributed by atoms with Crippen molar-refractivity contribution in [3.05, 3.63) is 94.9 Å². The van der Waals surface area contributed by atoms with Gasteiger partial charge in [0.2, 0.25) is 10.0 Å². The monoisotopic (exact) mass is 885 g/mol. The fourth-order valence-electron chi connectivity index (χ4n) is 9.63. The Hall–Kier alpha value is -3.98. The van der Waals surface area contributed by atoms with Gasteiger partial charge >= 0.3 is 5.97 Å². The Bertz CT molecular complexity index is 2290. The fourth-order valence-corrected chi connectivity index (χ4v) is 12.5. The van der Waals surface area contributed by atoms with Gasteiger partial charge < -0.3 is 34.3 Å². The fraction of sp³-hybridized carbons (Fsp3) is 0.531. The molecular weight excluding hydrogens is 823 g/mol. The van der Waals surface area contributed by atoms with Crippen LogP contribution in [0.5, 0.6) is 5.75 Å². The van der Waals surface area contributed by atoms with Gasteiger partial charge in [-0.1, -0.05) is 58.0 Å². The number of fused-ring (bicyclic) bond motifs is 2. The molecule has 8 rings (SSSR count). The van der Waals surface area contributed by atoms with E-state index in [4.69, 9.17) is 18.9 Å². The maximum absolute atomic E-state index is 14.0. The molecule has 3 aliphatic heterocycles. The molecule has 0 radical (unpaired) electrons. The molecule has 0 unspecified atom stereocenters. The smallest absolute Gasteiger partial charge is 0.306 e. The summed E-state index contributed by atoms with van der Waals surface area (Å²) >= 11 is 1.96. The molecule has 3 saturated heterocycles. The number of aryl methyl sites for hydroxylation is 1. The molecule has 11 nitrogen and oxygen atoms in total. The third kappa shape index (κ3) is 9.88. The molecule has 4 heterocycles. The van der Waals surface area contributed by atoms with Gasteiger partial charge in [0.1, 0.15) is 11.9 Å². The number of carbonyl (C=O) groups excluding carboxylic acids is 1. The first-order valence-electron chi connectivity index (χ1n) is 22.2. The summed E-state index contributed by atoms with van der Waals surface area (Å²) in [6, 6.07) is 25.8. The topological polar surface area (TPSA) is 127 Å². The molecule has 62 heavy (non-hydrogen) atoms. The molecule has 5 atom stereocenters. The summed E-state index contributed by atoms with van der Waals surface area (Å²) in [6.07, 6.45) is 2.91. The Labute approximate surface area is 371 Å². The summed E-state index contributed by atoms with van der Waals surface area (Å²) in [7, 11) is -2.46. The van der Waals surface area contributed by atoms with Crippen LogP contribution in [0.3, 0.4) is 0 Å². The van der Waals surface area contributed by atoms with Crippen LogP contribution in [0.1, 0.15) is 69.9 Å². The van der Waals surface area contributed by atoms with Crippen molar-refractivity contribution in [2.75, 3.05) is 56.7 Å². The first-order chi connectivity index (χ1) is 29.6. The Balaban J connectivity index is 0.935. The molecule has 1 aromatic heterocycles. The minimum Gasteiger partial charge on any atom is -0.497 e. The molecule has 0 spiro atoms. The highest BCUT2D eigenvalue weighted by molar-refractivity contribution is 7.89. The molecule has 0 amide bonds. The van der Waals surface area contributed by atoms with Gasteiger partial charge in [-0.25, -0.2) is 8.42 Å². The van der Waals surface area contributed by atoms with E-state index in [9.17, 15) is 18.3 Å². The highest BCUT2D eigenvalue weighted by atomic mass is 32.2. The Morgan fingerprint density at radius 1 is 1.02 bits per heavy atom. The number of rotatable bonds is 17. The molecule has 334 valence electrons. The zero-order chi connectivity index (χ0) is 43.8. The summed E-state index contributed by atoms with van der Waals surface area (Å²) in [5.41, 5.74) is 6.37. The second-order valence-corrected chi connectivity index (χ2v) is 22.2. The van der Waals surface area contributed by atoms with E-state index in [2.05, 4.69) is 54.4 Å². The number of aliphatic hydroxyl groups excluding tert-OH is 1. The van der Waals surface area contributed by atoms with E-state index >= 15 is 0 Å². The minimum atomic E-state index is -3.98. The number of esters is 1. The van der Waals surface area contributed by atoms with E-state index in [1.54, 1.807) is 17.0 Å². The maximum Gasteiger partial charge on any atom is 0.306 e. The van der Waals surface area contributed by atoms with Crippen molar-refractivity contribution >= 4 is 38.7 Å². The van der Waals surface area contributed by atoms with Crippen LogP contribution in [-0.4, -0.2) is 94.3 Å². The molecule has 0 bridgehead atoms. The van der Waals surface area contributed by atoms with Crippen molar-refractivity contribution in [1.82, 2.24) is 4.31 Å². The van der Waals surface area contributed by atoms with Crippen LogP contribution in [0.4, 0.5) is 11.4 Å². The number of methoxy groups -OCH3 is 1. The van der Waals surface area contributed by atoms with Crippen LogP contribution in [0.2, 0.25) is 0 Å². The van der Waals surface area contributed by atoms with Gasteiger partial charge in [-0.3, -0.25) is 4.79 Å². The van der Waals surface area contributed by atoms with Crippen LogP contribution < -0.4 is 15.0 Å². The number of carbonyl (C=O) groups is 1. The highest BCUT2D eigenvalue weighted by Crippen LogP contribution is 2.45. The van der Waals surface area contributed by atoms with Crippen LogP contribution in [0.15, 0.2) is 83.8 Å². The zero-order valence-electron chi connectivity index (χ0n) is 37.0. The van der Waals surface area contributed by atoms with Crippen molar-refractivity contribution in [1.29, 1.82) is 0 Å². The first-order valence-corrected chi connectivity index (χ1v) is 24.5. The number of sulfonamides is 1. The van der Waals surface area contributed by atoms with Crippen molar-refractivity contribution in [2.45, 2.75) is 102 Å². The molecule has 13 heteroatoms. The normalized spacial score (nSPS) is 23.1. The van der Waals surface area contributed by atoms with E-state index in [1.807, 2.05) is 56.4 Å². The number of aliphatic hydroxyl groups is 1. The van der Waals surface area contributed by atoms with Gasteiger partial charge in [0.15, 0.2) is 5.79 Å². The lowest BCUT2D eigenvalue weighted by Gasteiger charge is -2.42. The number of para-hydroxylation sites is 1. The summed E-state index contributed by atoms with van der Waals surface area (Å²) in [5, 5.41) is 15.6. The van der Waals surface area contributed by atoms with Gasteiger partial charge in [0.05, 0.1) is 49.7 Å². The predicted octanol–water partition coefficient (Wildman–Crippen LogP) is 8.19. The third-order valence-corrected chi connectivity index (χ3v) is 16.3. The van der Waals surface area contributed by atoms with Crippen molar-refractivity contribution in [2.24, 2.45) is 23.2 Å². The first kappa shape index (κ1) is 44.6. The zero-order valence-corrected chi connectivity index (χ0v) is 38.6. The van der Waals surface area contributed by atoms with Crippen LogP contribution in [0.25, 0.3) is 10.4 Å². The van der Waals surface area contributed by atoms with Crippen molar-refractivity contribution < 1.29 is 37.3 Å². The number of hydrogen-bond donors (Lipinski definition) is 2. The number of nitrogens with zero attached hydrogens (tertiary/aromatic N) is 2. The average molecular weight is 886 g/mol. The highest BCUT2D eigenvalue weighted by Gasteiger charge is 2.53. The van der Waals surface area contributed by atoms with E-state index in [0.717, 1.165) is 43.6 Å². The third-order valence-electron chi connectivity index (χ3n) is 13.2. The molecule has 3 aromatic carbocycles. The van der Waals surface area contributed by atoms with Crippen LogP contribution in [-0.2, 0) is 48.3 Å². The summed E-state index contributed by atoms with van der Waals surface area (Å²) in [5.74, 6) is -1.39. The lowest BCUT2D eigenvalue weighted by molar-refractivity contribution is -0.181. The Morgan fingerprint density at radius 3 is 2.48 bits per heavy atom. The van der Waals surface area contributed by atoms with Gasteiger partial charge in [-0.05, 0) is 110 Å². The standard InChI is InChI=1S/C49H63N3O8S2/c1-32(2)27-52(62(55,56)39-17-15-38(57-6)16-18-39)30-43(53)34(25-47(54)60-44-31-59-49(5)41(44)20-22-58-49)23-33-11-13-36(14-12-33)50-37-28-51(29-37)42-10-8-7-9-40(42)46-24-35-26-48(3,4)21-19-45(35)61-46/h7-18,24,32,34,37,41,43-44,50,53H,19-23,25-31H2,1-6H3/t34-,41+,43-,44+,49-/m1/s1. The molecule has 3 fully saturated rings. The Morgan fingerprint density at radius 2 is 1.76 bits per heavy atom. The van der Waals surface area contributed by atoms with Crippen molar-refractivity contribution in [3.8, 4) is 16.2 Å². The number of nitrogens with one attached hydrogen (secondary N) is 1. The summed E-state index contributed by atoms with van der Waals surface area (Å²) in [6.45, 7) is 13.1. The predicted molar refractivity (Wildman–Crippen MR) is 244 cm³/mol. The van der Waals surface area contributed by atoms with E-state index in [1.165, 1.54) is 51.7 Å². The number of thiophene rings is 1. The van der Waals surface area contributed by atoms with Gasteiger partial charge in [0, 0.05) is 58.8 Å².